The first-order valence-electron chi connectivity index (χ1n) is 6.99. The van der Waals surface area contributed by atoms with Crippen LogP contribution in [-0.4, -0.2) is 18.2 Å². The highest BCUT2D eigenvalue weighted by Gasteiger charge is 2.40. The van der Waals surface area contributed by atoms with E-state index in [9.17, 15) is 5.26 Å². The quantitative estimate of drug-likeness (QED) is 0.902. The molecule has 0 radical (unpaired) electrons. The molecule has 1 saturated carbocycles. The average Bonchev–Trinajstić information content (AvgIpc) is 2.79. The van der Waals surface area contributed by atoms with Gasteiger partial charge in [-0.3, -0.25) is 5.32 Å². The number of aryl methyl sites for hydroxylation is 1. The van der Waals surface area contributed by atoms with Gasteiger partial charge in [-0.1, -0.05) is 19.1 Å². The molecule has 1 N–H and O–H groups in total. The van der Waals surface area contributed by atoms with Gasteiger partial charge in [0.05, 0.1) is 6.07 Å². The van der Waals surface area contributed by atoms with Crippen molar-refractivity contribution in [1.29, 1.82) is 5.26 Å². The number of nitrogens with one attached hydrogen (secondary N) is 1. The van der Waals surface area contributed by atoms with Gasteiger partial charge in [0.25, 0.3) is 0 Å². The highest BCUT2D eigenvalue weighted by atomic mass is 16.5. The Balaban J connectivity index is 2.06. The van der Waals surface area contributed by atoms with Gasteiger partial charge in [-0.15, -0.1) is 0 Å². The van der Waals surface area contributed by atoms with E-state index in [2.05, 4.69) is 31.3 Å². The molecule has 2 unspecified atom stereocenters. The minimum absolute atomic E-state index is 0.138. The topological polar surface area (TPSA) is 45.0 Å². The average molecular weight is 258 g/mol. The van der Waals surface area contributed by atoms with Crippen LogP contribution in [-0.2, 0) is 0 Å². The number of hydrogen-bond acceptors (Lipinski definition) is 3. The summed E-state index contributed by atoms with van der Waals surface area (Å²) in [5, 5.41) is 12.7. The standard InChI is InChI=1S/C16H22N2O/c1-4-18-16(11-17)9-8-14(10-16)19-15-7-5-6-12(2)13(15)3/h5-7,14,18H,4,8-10H2,1-3H3. The zero-order chi connectivity index (χ0) is 13.9. The molecule has 2 rings (SSSR count). The van der Waals surface area contributed by atoms with E-state index in [1.165, 1.54) is 11.1 Å². The van der Waals surface area contributed by atoms with Gasteiger partial charge in [0, 0.05) is 6.42 Å². The molecular weight excluding hydrogens is 236 g/mol. The molecule has 1 fully saturated rings. The Morgan fingerprint density at radius 1 is 1.47 bits per heavy atom. The van der Waals surface area contributed by atoms with Gasteiger partial charge in [-0.25, -0.2) is 0 Å². The van der Waals surface area contributed by atoms with Crippen LogP contribution < -0.4 is 10.1 Å². The molecule has 0 bridgehead atoms. The first-order valence-corrected chi connectivity index (χ1v) is 6.99. The normalized spacial score (nSPS) is 26.1. The summed E-state index contributed by atoms with van der Waals surface area (Å²) in [6.45, 7) is 7.04. The molecule has 0 aliphatic heterocycles. The van der Waals surface area contributed by atoms with E-state index < -0.39 is 5.54 Å². The first-order chi connectivity index (χ1) is 9.10. The number of nitrogens with zero attached hydrogens (tertiary/aromatic N) is 1. The Morgan fingerprint density at radius 3 is 2.95 bits per heavy atom. The van der Waals surface area contributed by atoms with Crippen molar-refractivity contribution in [3.8, 4) is 11.8 Å². The van der Waals surface area contributed by atoms with E-state index in [0.29, 0.717) is 0 Å². The number of ether oxygens (including phenoxy) is 1. The van der Waals surface area contributed by atoms with Crippen LogP contribution in [0.25, 0.3) is 0 Å². The number of rotatable bonds is 4. The Bertz CT molecular complexity index is 492. The van der Waals surface area contributed by atoms with Crippen molar-refractivity contribution in [2.24, 2.45) is 0 Å². The second-order valence-electron chi connectivity index (χ2n) is 5.40. The fourth-order valence-corrected chi connectivity index (χ4v) is 2.77. The molecule has 1 aromatic rings. The lowest BCUT2D eigenvalue weighted by atomic mass is 10.00. The summed E-state index contributed by atoms with van der Waals surface area (Å²) in [6, 6.07) is 8.56. The van der Waals surface area contributed by atoms with Crippen molar-refractivity contribution in [3.05, 3.63) is 29.3 Å². The summed E-state index contributed by atoms with van der Waals surface area (Å²) in [5.41, 5.74) is 2.05. The summed E-state index contributed by atoms with van der Waals surface area (Å²) in [5.74, 6) is 0.954. The third-order valence-electron chi connectivity index (χ3n) is 4.05. The van der Waals surface area contributed by atoms with E-state index in [-0.39, 0.29) is 6.10 Å². The minimum atomic E-state index is -0.392. The summed E-state index contributed by atoms with van der Waals surface area (Å²) in [6.07, 6.45) is 2.71. The molecule has 1 aliphatic carbocycles. The summed E-state index contributed by atoms with van der Waals surface area (Å²) in [7, 11) is 0. The third kappa shape index (κ3) is 2.90. The molecule has 1 aromatic carbocycles. The van der Waals surface area contributed by atoms with Crippen LogP contribution >= 0.6 is 0 Å². The maximum Gasteiger partial charge on any atom is 0.122 e. The van der Waals surface area contributed by atoms with Gasteiger partial charge in [0.15, 0.2) is 0 Å². The minimum Gasteiger partial charge on any atom is -0.490 e. The Labute approximate surface area is 115 Å². The zero-order valence-corrected chi connectivity index (χ0v) is 12.0. The van der Waals surface area contributed by atoms with Crippen LogP contribution in [0.5, 0.6) is 5.75 Å². The predicted molar refractivity (Wildman–Crippen MR) is 76.2 cm³/mol. The molecule has 2 atom stereocenters. The van der Waals surface area contributed by atoms with E-state index in [1.807, 2.05) is 19.1 Å². The van der Waals surface area contributed by atoms with Gasteiger partial charge in [-0.2, -0.15) is 5.26 Å². The van der Waals surface area contributed by atoms with Crippen molar-refractivity contribution in [2.75, 3.05) is 6.54 Å². The van der Waals surface area contributed by atoms with Gasteiger partial charge in [-0.05, 0) is 50.4 Å². The first kappa shape index (κ1) is 13.9. The van der Waals surface area contributed by atoms with E-state index in [4.69, 9.17) is 4.74 Å². The molecule has 0 heterocycles. The lowest BCUT2D eigenvalue weighted by molar-refractivity contribution is 0.200. The van der Waals surface area contributed by atoms with E-state index >= 15 is 0 Å². The van der Waals surface area contributed by atoms with Crippen LogP contribution in [0.3, 0.4) is 0 Å². The maximum absolute atomic E-state index is 9.36. The molecule has 1 aliphatic rings. The molecule has 3 nitrogen and oxygen atoms in total. The highest BCUT2D eigenvalue weighted by Crippen LogP contribution is 2.33. The fourth-order valence-electron chi connectivity index (χ4n) is 2.77. The molecule has 0 spiro atoms. The smallest absolute Gasteiger partial charge is 0.122 e. The van der Waals surface area contributed by atoms with Crippen LogP contribution in [0.4, 0.5) is 0 Å². The monoisotopic (exact) mass is 258 g/mol. The fraction of sp³-hybridized carbons (Fsp3) is 0.562. The summed E-state index contributed by atoms with van der Waals surface area (Å²) < 4.78 is 6.10. The molecule has 19 heavy (non-hydrogen) atoms. The van der Waals surface area contributed by atoms with Gasteiger partial charge in [0.2, 0.25) is 0 Å². The molecule has 3 heteroatoms. The second-order valence-corrected chi connectivity index (χ2v) is 5.40. The van der Waals surface area contributed by atoms with Crippen molar-refractivity contribution in [2.45, 2.75) is 51.7 Å². The molecular formula is C16H22N2O. The SMILES string of the molecule is CCNC1(C#N)CCC(Oc2cccc(C)c2C)C1. The summed E-state index contributed by atoms with van der Waals surface area (Å²) >= 11 is 0. The number of benzene rings is 1. The second kappa shape index (κ2) is 5.63. The van der Waals surface area contributed by atoms with E-state index in [1.54, 1.807) is 0 Å². The number of hydrogen-bond donors (Lipinski definition) is 1. The molecule has 0 amide bonds. The van der Waals surface area contributed by atoms with Gasteiger partial charge in [0.1, 0.15) is 17.4 Å². The Morgan fingerprint density at radius 2 is 2.26 bits per heavy atom. The number of nitriles is 1. The van der Waals surface area contributed by atoms with Crippen LogP contribution in [0, 0.1) is 25.2 Å². The van der Waals surface area contributed by atoms with Gasteiger partial charge >= 0.3 is 0 Å². The molecule has 0 aromatic heterocycles. The molecule has 102 valence electrons. The largest absolute Gasteiger partial charge is 0.490 e. The maximum atomic E-state index is 9.36. The highest BCUT2D eigenvalue weighted by molar-refractivity contribution is 5.38. The lowest BCUT2D eigenvalue weighted by Gasteiger charge is -2.22. The van der Waals surface area contributed by atoms with Crippen molar-refractivity contribution < 1.29 is 4.74 Å². The third-order valence-corrected chi connectivity index (χ3v) is 4.05. The predicted octanol–water partition coefficient (Wildman–Crippen LogP) is 3.11. The Kier molecular flexibility index (Phi) is 4.11. The molecule has 0 saturated heterocycles. The van der Waals surface area contributed by atoms with Crippen molar-refractivity contribution >= 4 is 0 Å². The lowest BCUT2D eigenvalue weighted by Crippen LogP contribution is -2.42. The zero-order valence-electron chi connectivity index (χ0n) is 12.0. The van der Waals surface area contributed by atoms with Crippen molar-refractivity contribution in [3.63, 3.8) is 0 Å². The van der Waals surface area contributed by atoms with Gasteiger partial charge < -0.3 is 4.74 Å². The van der Waals surface area contributed by atoms with Crippen molar-refractivity contribution in [1.82, 2.24) is 5.32 Å². The van der Waals surface area contributed by atoms with Crippen LogP contribution in [0.1, 0.15) is 37.3 Å². The Hall–Kier alpha value is -1.53. The summed E-state index contributed by atoms with van der Waals surface area (Å²) in [4.78, 5) is 0. The van der Waals surface area contributed by atoms with Crippen LogP contribution in [0.15, 0.2) is 18.2 Å². The van der Waals surface area contributed by atoms with Crippen LogP contribution in [0.2, 0.25) is 0 Å². The van der Waals surface area contributed by atoms with E-state index in [0.717, 1.165) is 31.6 Å².